The summed E-state index contributed by atoms with van der Waals surface area (Å²) in [5, 5.41) is 0. The summed E-state index contributed by atoms with van der Waals surface area (Å²) in [5.74, 6) is -0.829. The molecule has 2 unspecified atom stereocenters. The monoisotopic (exact) mass is 1150 g/mol. The van der Waals surface area contributed by atoms with Gasteiger partial charge in [-0.15, -0.1) is 0 Å². The maximum Gasteiger partial charge on any atom is 0.472 e. The second-order valence-corrected chi connectivity index (χ2v) is 23.4. The van der Waals surface area contributed by atoms with E-state index in [2.05, 4.69) is 123 Å². The van der Waals surface area contributed by atoms with Crippen LogP contribution in [-0.4, -0.2) is 49.3 Å². The van der Waals surface area contributed by atoms with E-state index in [1.54, 1.807) is 0 Å². The predicted molar refractivity (Wildman–Crippen MR) is 348 cm³/mol. The fraction of sp³-hybridized carbons (Fsp3) is 0.718. The van der Waals surface area contributed by atoms with Crippen LogP contribution >= 0.6 is 7.82 Å². The lowest BCUT2D eigenvalue weighted by Gasteiger charge is -2.19. The van der Waals surface area contributed by atoms with Gasteiger partial charge in [-0.25, -0.2) is 4.57 Å². The molecule has 3 N–H and O–H groups in total. The Morgan fingerprint density at radius 1 is 0.383 bits per heavy atom. The number of hydrogen-bond acceptors (Lipinski definition) is 8. The molecule has 466 valence electrons. The normalized spacial score (nSPS) is 13.7. The molecule has 0 saturated heterocycles. The number of phosphoric ester groups is 1. The Hall–Kier alpha value is -3.33. The summed E-state index contributed by atoms with van der Waals surface area (Å²) in [6.45, 7) is 3.65. The van der Waals surface area contributed by atoms with E-state index in [1.165, 1.54) is 167 Å². The molecule has 9 nitrogen and oxygen atoms in total. The summed E-state index contributed by atoms with van der Waals surface area (Å²) in [7, 11) is -4.40. The molecule has 0 radical (unpaired) electrons. The minimum atomic E-state index is -4.40. The molecule has 0 rings (SSSR count). The third-order valence-corrected chi connectivity index (χ3v) is 15.1. The molecular weight excluding hydrogens is 1030 g/mol. The Morgan fingerprint density at radius 2 is 0.679 bits per heavy atom. The van der Waals surface area contributed by atoms with Gasteiger partial charge in [0.15, 0.2) is 6.10 Å². The Labute approximate surface area is 499 Å². The second kappa shape index (κ2) is 65.8. The van der Waals surface area contributed by atoms with Crippen LogP contribution in [0.3, 0.4) is 0 Å². The van der Waals surface area contributed by atoms with Crippen LogP contribution in [0.25, 0.3) is 0 Å². The van der Waals surface area contributed by atoms with E-state index in [1.807, 2.05) is 0 Å². The zero-order valence-electron chi connectivity index (χ0n) is 52.2. The largest absolute Gasteiger partial charge is 0.472 e. The first-order chi connectivity index (χ1) is 39.8. The molecule has 0 aromatic carbocycles. The maximum atomic E-state index is 12.8. The first-order valence-electron chi connectivity index (χ1n) is 33.4. The summed E-state index contributed by atoms with van der Waals surface area (Å²) in [4.78, 5) is 35.3. The van der Waals surface area contributed by atoms with Crippen molar-refractivity contribution in [1.29, 1.82) is 0 Å². The molecule has 0 bridgehead atoms. The van der Waals surface area contributed by atoms with Crippen LogP contribution in [0.2, 0.25) is 0 Å². The molecule has 2 atom stereocenters. The van der Waals surface area contributed by atoms with Gasteiger partial charge in [-0.2, -0.15) is 0 Å². The lowest BCUT2D eigenvalue weighted by molar-refractivity contribution is -0.161. The first-order valence-corrected chi connectivity index (χ1v) is 34.9. The molecule has 0 aliphatic carbocycles. The van der Waals surface area contributed by atoms with Gasteiger partial charge >= 0.3 is 19.8 Å². The third-order valence-electron chi connectivity index (χ3n) is 14.1. The summed E-state index contributed by atoms with van der Waals surface area (Å²) in [5.41, 5.74) is 5.40. The van der Waals surface area contributed by atoms with Gasteiger partial charge in [-0.05, 0) is 103 Å². The number of allylic oxidation sites excluding steroid dienone is 18. The third kappa shape index (κ3) is 65.7. The SMILES string of the molecule is CC/C=C\C/C=C\C/C=C\C/C=C\C/C=C\C/C=C\C/C=C\C/C=C\CCCCCCCCCCCCC(=O)OC(COC(=O)CCCCCCCCCCCCCCC/C=C\CCCCCCCCCC)COP(=O)(O)OCCN. The molecule has 0 spiro atoms. The quantitative estimate of drug-likeness (QED) is 0.0264. The van der Waals surface area contributed by atoms with Crippen LogP contribution in [0.5, 0.6) is 0 Å². The van der Waals surface area contributed by atoms with Gasteiger partial charge in [-0.3, -0.25) is 18.6 Å². The summed E-state index contributed by atoms with van der Waals surface area (Å²) < 4.78 is 33.1. The smallest absolute Gasteiger partial charge is 0.462 e. The van der Waals surface area contributed by atoms with E-state index in [-0.39, 0.29) is 38.6 Å². The van der Waals surface area contributed by atoms with Crippen molar-refractivity contribution in [2.45, 2.75) is 302 Å². The molecule has 0 aromatic rings. The maximum absolute atomic E-state index is 12.8. The summed E-state index contributed by atoms with van der Waals surface area (Å²) in [6, 6.07) is 0. The average molecular weight is 1150 g/mol. The van der Waals surface area contributed by atoms with E-state index in [9.17, 15) is 19.0 Å². The number of nitrogens with two attached hydrogens (primary N) is 1. The van der Waals surface area contributed by atoms with Gasteiger partial charge in [-0.1, -0.05) is 290 Å². The highest BCUT2D eigenvalue weighted by Crippen LogP contribution is 2.43. The minimum absolute atomic E-state index is 0.0490. The number of phosphoric acid groups is 1. The number of unbranched alkanes of at least 4 members (excludes halogenated alkanes) is 31. The predicted octanol–water partition coefficient (Wildman–Crippen LogP) is 21.7. The molecule has 0 fully saturated rings. The molecule has 81 heavy (non-hydrogen) atoms. The summed E-state index contributed by atoms with van der Waals surface area (Å²) in [6.07, 6.45) is 90.2. The van der Waals surface area contributed by atoms with Crippen LogP contribution in [0.1, 0.15) is 296 Å². The number of esters is 2. The molecule has 0 saturated carbocycles. The van der Waals surface area contributed by atoms with Crippen molar-refractivity contribution in [3.63, 3.8) is 0 Å². The van der Waals surface area contributed by atoms with Crippen molar-refractivity contribution in [3.8, 4) is 0 Å². The topological polar surface area (TPSA) is 134 Å². The van der Waals surface area contributed by atoms with E-state index in [0.29, 0.717) is 6.42 Å². The van der Waals surface area contributed by atoms with Crippen molar-refractivity contribution in [3.05, 3.63) is 109 Å². The van der Waals surface area contributed by atoms with Gasteiger partial charge < -0.3 is 20.1 Å². The second-order valence-electron chi connectivity index (χ2n) is 22.0. The lowest BCUT2D eigenvalue weighted by Crippen LogP contribution is -2.29. The number of hydrogen-bond donors (Lipinski definition) is 2. The fourth-order valence-corrected chi connectivity index (χ4v) is 10.0. The van der Waals surface area contributed by atoms with Gasteiger partial charge in [0.2, 0.25) is 0 Å². The van der Waals surface area contributed by atoms with E-state index >= 15 is 0 Å². The molecule has 0 aromatic heterocycles. The average Bonchev–Trinajstić information content (AvgIpc) is 3.46. The van der Waals surface area contributed by atoms with E-state index in [0.717, 1.165) is 96.3 Å². The molecule has 0 heterocycles. The molecule has 10 heteroatoms. The highest BCUT2D eigenvalue weighted by atomic mass is 31.2. The molecule has 0 amide bonds. The number of rotatable bonds is 62. The van der Waals surface area contributed by atoms with Crippen molar-refractivity contribution in [2.75, 3.05) is 26.4 Å². The zero-order chi connectivity index (χ0) is 58.7. The Balaban J connectivity index is 3.95. The summed E-state index contributed by atoms with van der Waals surface area (Å²) >= 11 is 0. The van der Waals surface area contributed by atoms with Crippen LogP contribution in [0, 0.1) is 0 Å². The van der Waals surface area contributed by atoms with Gasteiger partial charge in [0.05, 0.1) is 13.2 Å². The molecular formula is C71H124NO8P. The van der Waals surface area contributed by atoms with Crippen LogP contribution in [-0.2, 0) is 32.7 Å². The minimum Gasteiger partial charge on any atom is -0.462 e. The molecule has 0 aliphatic heterocycles. The van der Waals surface area contributed by atoms with Crippen LogP contribution < -0.4 is 5.73 Å². The Bertz CT molecular complexity index is 1690. The van der Waals surface area contributed by atoms with E-state index < -0.39 is 26.5 Å². The lowest BCUT2D eigenvalue weighted by atomic mass is 10.0. The van der Waals surface area contributed by atoms with Crippen molar-refractivity contribution in [1.82, 2.24) is 0 Å². The number of ether oxygens (including phenoxy) is 2. The Morgan fingerprint density at radius 3 is 1.02 bits per heavy atom. The van der Waals surface area contributed by atoms with Gasteiger partial charge in [0.25, 0.3) is 0 Å². The highest BCUT2D eigenvalue weighted by Gasteiger charge is 2.26. The van der Waals surface area contributed by atoms with Gasteiger partial charge in [0.1, 0.15) is 6.61 Å². The van der Waals surface area contributed by atoms with Crippen molar-refractivity contribution >= 4 is 19.8 Å². The van der Waals surface area contributed by atoms with Crippen molar-refractivity contribution in [2.24, 2.45) is 5.73 Å². The number of carbonyl (C=O) groups is 2. The fourth-order valence-electron chi connectivity index (χ4n) is 9.24. The van der Waals surface area contributed by atoms with Crippen molar-refractivity contribution < 1.29 is 37.6 Å². The highest BCUT2D eigenvalue weighted by molar-refractivity contribution is 7.47. The first kappa shape index (κ1) is 77.7. The van der Waals surface area contributed by atoms with Gasteiger partial charge in [0, 0.05) is 19.4 Å². The number of carbonyl (C=O) groups excluding carboxylic acids is 2. The standard InChI is InChI=1S/C71H124NO8P/c1-3-5-7-9-11-13-15-17-19-21-23-25-27-29-30-31-32-33-34-35-36-37-38-40-42-44-46-48-50-52-54-56-58-60-62-64-71(74)80-69(68-79-81(75,76)78-66-65-72)67-77-70(73)63-61-59-57-55-53-51-49-47-45-43-41-39-28-26-24-22-20-18-16-14-12-10-8-6-4-2/h5,7,11,13,17,19,22-25,29-30,32-33,35-36,38,40,69H,3-4,6,8-10,12,14-16,18,20-21,26-28,31,34,37,39,41-68,72H2,1-2H3,(H,75,76)/b7-5-,13-11-,19-17-,24-22-,25-23-,30-29-,33-32-,36-35-,40-38-. The van der Waals surface area contributed by atoms with E-state index in [4.69, 9.17) is 24.3 Å². The van der Waals surface area contributed by atoms with Crippen LogP contribution in [0.4, 0.5) is 0 Å². The Kier molecular flexibility index (Phi) is 63.1. The molecule has 0 aliphatic rings. The zero-order valence-corrected chi connectivity index (χ0v) is 53.1. The van der Waals surface area contributed by atoms with Crippen LogP contribution in [0.15, 0.2) is 109 Å².